The highest BCUT2D eigenvalue weighted by atomic mass is 16.3. The van der Waals surface area contributed by atoms with Crippen LogP contribution in [0, 0.1) is 5.92 Å². The van der Waals surface area contributed by atoms with Crippen LogP contribution in [-0.2, 0) is 11.8 Å². The summed E-state index contributed by atoms with van der Waals surface area (Å²) in [6, 6.07) is 19.0. The fourth-order valence-corrected chi connectivity index (χ4v) is 5.04. The summed E-state index contributed by atoms with van der Waals surface area (Å²) in [7, 11) is 0. The van der Waals surface area contributed by atoms with Crippen LogP contribution in [0.5, 0.6) is 0 Å². The summed E-state index contributed by atoms with van der Waals surface area (Å²) < 4.78 is 6.49. The number of furan rings is 1. The monoisotopic (exact) mass is 392 g/mol. The van der Waals surface area contributed by atoms with Crippen LogP contribution in [0.15, 0.2) is 59.0 Å². The van der Waals surface area contributed by atoms with Crippen molar-refractivity contribution in [3.8, 4) is 11.3 Å². The summed E-state index contributed by atoms with van der Waals surface area (Å²) in [4.78, 5) is 10.3. The van der Waals surface area contributed by atoms with Crippen LogP contribution in [0.2, 0.25) is 0 Å². The largest absolute Gasteiger partial charge is 0.456 e. The van der Waals surface area contributed by atoms with E-state index in [4.69, 9.17) is 14.4 Å². The molecular formula is C27H24N2O. The average molecular weight is 393 g/mol. The summed E-state index contributed by atoms with van der Waals surface area (Å²) in [6.45, 7) is 9.03. The lowest BCUT2D eigenvalue weighted by Crippen LogP contribution is -2.22. The Hall–Kier alpha value is -3.20. The Balaban J connectivity index is 1.82. The van der Waals surface area contributed by atoms with Gasteiger partial charge < -0.3 is 4.42 Å². The molecule has 0 fully saturated rings. The third-order valence-electron chi connectivity index (χ3n) is 6.45. The maximum absolute atomic E-state index is 6.49. The smallest absolute Gasteiger partial charge is 0.138 e. The first kappa shape index (κ1) is 17.6. The molecule has 0 radical (unpaired) electrons. The molecular weight excluding hydrogens is 368 g/mol. The van der Waals surface area contributed by atoms with Crippen molar-refractivity contribution in [3.63, 3.8) is 0 Å². The van der Waals surface area contributed by atoms with Crippen molar-refractivity contribution in [2.45, 2.75) is 39.5 Å². The number of rotatable bonds is 2. The second-order valence-corrected chi connectivity index (χ2v) is 9.39. The van der Waals surface area contributed by atoms with E-state index in [0.717, 1.165) is 45.6 Å². The Morgan fingerprint density at radius 1 is 0.867 bits per heavy atom. The zero-order chi connectivity index (χ0) is 20.6. The molecule has 0 bridgehead atoms. The third kappa shape index (κ3) is 2.26. The second kappa shape index (κ2) is 5.91. The van der Waals surface area contributed by atoms with E-state index in [1.165, 1.54) is 21.9 Å². The molecule has 3 heteroatoms. The van der Waals surface area contributed by atoms with Gasteiger partial charge in [-0.1, -0.05) is 64.1 Å². The number of fused-ring (bicyclic) bond motifs is 3. The van der Waals surface area contributed by atoms with Gasteiger partial charge in [0.15, 0.2) is 0 Å². The van der Waals surface area contributed by atoms with Gasteiger partial charge in [-0.2, -0.15) is 0 Å². The Kier molecular flexibility index (Phi) is 3.48. The van der Waals surface area contributed by atoms with E-state index in [0.29, 0.717) is 5.92 Å². The molecule has 3 aromatic carbocycles. The van der Waals surface area contributed by atoms with Crippen LogP contribution in [-0.4, -0.2) is 9.97 Å². The van der Waals surface area contributed by atoms with Crippen molar-refractivity contribution >= 4 is 33.0 Å². The molecule has 30 heavy (non-hydrogen) atoms. The van der Waals surface area contributed by atoms with Gasteiger partial charge in [0.05, 0.1) is 22.4 Å². The van der Waals surface area contributed by atoms with Crippen LogP contribution in [0.4, 0.5) is 0 Å². The zero-order valence-corrected chi connectivity index (χ0v) is 17.8. The first-order valence-electron chi connectivity index (χ1n) is 10.7. The van der Waals surface area contributed by atoms with E-state index in [1.807, 2.05) is 24.3 Å². The maximum atomic E-state index is 6.49. The lowest BCUT2D eigenvalue weighted by molar-refractivity contribution is 0.612. The fourth-order valence-electron chi connectivity index (χ4n) is 5.04. The summed E-state index contributed by atoms with van der Waals surface area (Å²) in [6.07, 6.45) is 1.000. The quantitative estimate of drug-likeness (QED) is 0.323. The lowest BCUT2D eigenvalue weighted by atomic mass is 9.79. The molecule has 0 atom stereocenters. The van der Waals surface area contributed by atoms with Gasteiger partial charge in [0.25, 0.3) is 0 Å². The van der Waals surface area contributed by atoms with E-state index in [9.17, 15) is 0 Å². The molecule has 0 unspecified atom stereocenters. The second-order valence-electron chi connectivity index (χ2n) is 9.39. The number of hydrogen-bond donors (Lipinski definition) is 0. The topological polar surface area (TPSA) is 38.9 Å². The molecule has 0 N–H and O–H groups in total. The Morgan fingerprint density at radius 3 is 2.40 bits per heavy atom. The van der Waals surface area contributed by atoms with Crippen molar-refractivity contribution in [1.29, 1.82) is 0 Å². The lowest BCUT2D eigenvalue weighted by Gasteiger charge is -2.26. The van der Waals surface area contributed by atoms with Crippen molar-refractivity contribution in [3.05, 3.63) is 71.4 Å². The van der Waals surface area contributed by atoms with Gasteiger partial charge in [-0.3, -0.25) is 0 Å². The van der Waals surface area contributed by atoms with Gasteiger partial charge in [0.2, 0.25) is 0 Å². The highest BCUT2D eigenvalue weighted by Gasteiger charge is 2.36. The molecule has 1 aliphatic rings. The third-order valence-corrected chi connectivity index (χ3v) is 6.45. The number of aromatic nitrogens is 2. The van der Waals surface area contributed by atoms with E-state index in [-0.39, 0.29) is 5.41 Å². The van der Waals surface area contributed by atoms with Gasteiger partial charge in [0.1, 0.15) is 11.2 Å². The highest BCUT2D eigenvalue weighted by Crippen LogP contribution is 2.49. The van der Waals surface area contributed by atoms with Crippen LogP contribution >= 0.6 is 0 Å². The zero-order valence-electron chi connectivity index (χ0n) is 17.8. The molecule has 0 saturated carbocycles. The van der Waals surface area contributed by atoms with Crippen molar-refractivity contribution in [2.75, 3.05) is 0 Å². The number of benzene rings is 3. The van der Waals surface area contributed by atoms with Gasteiger partial charge >= 0.3 is 0 Å². The molecule has 2 heterocycles. The van der Waals surface area contributed by atoms with Gasteiger partial charge in [-0.05, 0) is 41.7 Å². The first-order valence-corrected chi connectivity index (χ1v) is 10.7. The molecule has 0 amide bonds. The molecule has 0 saturated heterocycles. The van der Waals surface area contributed by atoms with Gasteiger partial charge in [-0.25, -0.2) is 9.97 Å². The molecule has 2 aromatic heterocycles. The normalized spacial score (nSPS) is 14.7. The number of nitrogens with zero attached hydrogens (tertiary/aromatic N) is 2. The van der Waals surface area contributed by atoms with Crippen molar-refractivity contribution in [1.82, 2.24) is 9.97 Å². The highest BCUT2D eigenvalue weighted by molar-refractivity contribution is 6.16. The molecule has 0 spiro atoms. The summed E-state index contributed by atoms with van der Waals surface area (Å²) >= 11 is 0. The predicted molar refractivity (Wildman–Crippen MR) is 123 cm³/mol. The molecule has 1 aliphatic carbocycles. The summed E-state index contributed by atoms with van der Waals surface area (Å²) in [5.74, 6) is 0.565. The Morgan fingerprint density at radius 2 is 1.63 bits per heavy atom. The maximum Gasteiger partial charge on any atom is 0.138 e. The molecule has 3 nitrogen and oxygen atoms in total. The average Bonchev–Trinajstić information content (AvgIpc) is 3.09. The van der Waals surface area contributed by atoms with E-state index < -0.39 is 0 Å². The minimum Gasteiger partial charge on any atom is -0.456 e. The van der Waals surface area contributed by atoms with Crippen molar-refractivity contribution < 1.29 is 4.42 Å². The standard InChI is InChI=1S/C27H24N2O/c1-15(2)14-16-12-13-18-23-22-17(8-7-11-21(22)30-25(16)23)24-26(27(18,3)4)29-20-10-6-5-9-19(20)28-24/h5-13,15H,14H2,1-4H3. The fraction of sp³-hybridized carbons (Fsp3) is 0.259. The van der Waals surface area contributed by atoms with Crippen LogP contribution in [0.3, 0.4) is 0 Å². The van der Waals surface area contributed by atoms with E-state index >= 15 is 0 Å². The van der Waals surface area contributed by atoms with Crippen LogP contribution < -0.4 is 0 Å². The van der Waals surface area contributed by atoms with E-state index in [1.54, 1.807) is 0 Å². The summed E-state index contributed by atoms with van der Waals surface area (Å²) in [5.41, 5.74) is 9.18. The molecule has 5 aromatic rings. The Labute approximate surface area is 175 Å². The first-order chi connectivity index (χ1) is 14.4. The Bertz CT molecular complexity index is 1470. The molecule has 6 rings (SSSR count). The van der Waals surface area contributed by atoms with Gasteiger partial charge in [0, 0.05) is 21.8 Å². The molecule has 148 valence electrons. The minimum atomic E-state index is -0.295. The molecule has 0 aliphatic heterocycles. The summed E-state index contributed by atoms with van der Waals surface area (Å²) in [5, 5.41) is 2.40. The number of hydrogen-bond acceptors (Lipinski definition) is 3. The number of para-hydroxylation sites is 2. The van der Waals surface area contributed by atoms with E-state index in [2.05, 4.69) is 58.0 Å². The van der Waals surface area contributed by atoms with Crippen LogP contribution in [0.25, 0.3) is 44.2 Å². The minimum absolute atomic E-state index is 0.295. The SMILES string of the molecule is CC(C)Cc1ccc2c3c1oc1cccc(c13)-c1nc3ccccc3nc1C2(C)C. The van der Waals surface area contributed by atoms with Crippen molar-refractivity contribution in [2.24, 2.45) is 5.92 Å². The predicted octanol–water partition coefficient (Wildman–Crippen LogP) is 7.03. The van der Waals surface area contributed by atoms with Gasteiger partial charge in [-0.15, -0.1) is 0 Å². The van der Waals surface area contributed by atoms with Crippen LogP contribution in [0.1, 0.15) is 44.5 Å².